The third kappa shape index (κ3) is 3.13. The molecule has 1 aliphatic rings. The molecule has 0 radical (unpaired) electrons. The highest BCUT2D eigenvalue weighted by Gasteiger charge is 2.21. The molecule has 1 aromatic carbocycles. The Hall–Kier alpha value is -1.42. The maximum absolute atomic E-state index is 6.21. The number of rotatable bonds is 4. The van der Waals surface area contributed by atoms with E-state index in [0.717, 1.165) is 43.3 Å². The van der Waals surface area contributed by atoms with Crippen LogP contribution >= 0.6 is 0 Å². The monoisotopic (exact) mass is 263 g/mol. The third-order valence-corrected chi connectivity index (χ3v) is 3.73. The van der Waals surface area contributed by atoms with Crippen molar-refractivity contribution in [2.45, 2.75) is 26.8 Å². The van der Waals surface area contributed by atoms with Gasteiger partial charge in [-0.05, 0) is 32.9 Å². The summed E-state index contributed by atoms with van der Waals surface area (Å²) in [6.45, 7) is 11.4. The first kappa shape index (κ1) is 14.0. The van der Waals surface area contributed by atoms with E-state index < -0.39 is 0 Å². The van der Waals surface area contributed by atoms with Gasteiger partial charge in [0.2, 0.25) is 0 Å². The molecule has 2 N–H and O–H groups in total. The quantitative estimate of drug-likeness (QED) is 0.846. The minimum absolute atomic E-state index is 0.620. The van der Waals surface area contributed by atoms with Gasteiger partial charge in [0.05, 0.1) is 18.0 Å². The largest absolute Gasteiger partial charge is 0.492 e. The van der Waals surface area contributed by atoms with Crippen molar-refractivity contribution in [2.75, 3.05) is 43.4 Å². The molecule has 106 valence electrons. The fraction of sp³-hybridized carbons (Fsp3) is 0.600. The average molecular weight is 263 g/mol. The van der Waals surface area contributed by atoms with Crippen molar-refractivity contribution in [1.29, 1.82) is 0 Å². The van der Waals surface area contributed by atoms with E-state index in [2.05, 4.69) is 29.7 Å². The van der Waals surface area contributed by atoms with Gasteiger partial charge in [-0.25, -0.2) is 0 Å². The van der Waals surface area contributed by atoms with E-state index in [1.54, 1.807) is 0 Å². The van der Waals surface area contributed by atoms with Crippen LogP contribution in [0.4, 0.5) is 11.4 Å². The lowest BCUT2D eigenvalue weighted by atomic mass is 10.2. The Morgan fingerprint density at radius 3 is 2.47 bits per heavy atom. The van der Waals surface area contributed by atoms with Crippen LogP contribution in [0.2, 0.25) is 0 Å². The molecule has 0 aromatic heterocycles. The van der Waals surface area contributed by atoms with Crippen LogP contribution in [0.3, 0.4) is 0 Å². The van der Waals surface area contributed by atoms with Gasteiger partial charge in [-0.2, -0.15) is 0 Å². The maximum Gasteiger partial charge on any atom is 0.144 e. The smallest absolute Gasteiger partial charge is 0.144 e. The predicted molar refractivity (Wildman–Crippen MR) is 80.9 cm³/mol. The Morgan fingerprint density at radius 1 is 1.21 bits per heavy atom. The Bertz CT molecular complexity index is 412. The molecule has 1 heterocycles. The van der Waals surface area contributed by atoms with E-state index in [4.69, 9.17) is 10.5 Å². The highest BCUT2D eigenvalue weighted by atomic mass is 16.5. The second-order valence-electron chi connectivity index (χ2n) is 5.24. The average Bonchev–Trinajstić information content (AvgIpc) is 2.41. The molecule has 4 nitrogen and oxygen atoms in total. The first-order valence-electron chi connectivity index (χ1n) is 7.13. The number of hydrogen-bond donors (Lipinski definition) is 1. The fourth-order valence-corrected chi connectivity index (χ4v) is 2.57. The Balaban J connectivity index is 2.09. The predicted octanol–water partition coefficient (Wildman–Crippen LogP) is 2.20. The number of benzene rings is 1. The minimum atomic E-state index is 0.620. The first-order chi connectivity index (χ1) is 9.13. The van der Waals surface area contributed by atoms with Crippen LogP contribution in [-0.2, 0) is 0 Å². The van der Waals surface area contributed by atoms with Crippen LogP contribution in [0.1, 0.15) is 20.8 Å². The summed E-state index contributed by atoms with van der Waals surface area (Å²) in [7, 11) is 0. The van der Waals surface area contributed by atoms with Crippen molar-refractivity contribution in [3.63, 3.8) is 0 Å². The maximum atomic E-state index is 6.21. The molecule has 0 saturated carbocycles. The number of hydrogen-bond acceptors (Lipinski definition) is 4. The molecule has 1 fully saturated rings. The van der Waals surface area contributed by atoms with E-state index in [9.17, 15) is 0 Å². The van der Waals surface area contributed by atoms with Gasteiger partial charge in [0, 0.05) is 32.2 Å². The lowest BCUT2D eigenvalue weighted by Crippen LogP contribution is -2.49. The van der Waals surface area contributed by atoms with Gasteiger partial charge in [0.15, 0.2) is 0 Å². The molecule has 0 amide bonds. The summed E-state index contributed by atoms with van der Waals surface area (Å²) in [4.78, 5) is 4.86. The van der Waals surface area contributed by atoms with Gasteiger partial charge in [-0.15, -0.1) is 0 Å². The summed E-state index contributed by atoms with van der Waals surface area (Å²) in [6.07, 6.45) is 0. The highest BCUT2D eigenvalue weighted by molar-refractivity contribution is 5.74. The molecule has 0 aliphatic carbocycles. The van der Waals surface area contributed by atoms with Crippen LogP contribution < -0.4 is 15.4 Å². The van der Waals surface area contributed by atoms with Gasteiger partial charge in [-0.1, -0.05) is 6.07 Å². The van der Waals surface area contributed by atoms with E-state index in [0.29, 0.717) is 12.6 Å². The Labute approximate surface area is 116 Å². The van der Waals surface area contributed by atoms with Crippen LogP contribution in [0.25, 0.3) is 0 Å². The summed E-state index contributed by atoms with van der Waals surface area (Å²) < 4.78 is 5.57. The number of nitrogens with two attached hydrogens (primary N) is 1. The zero-order chi connectivity index (χ0) is 13.8. The number of para-hydroxylation sites is 1. The third-order valence-electron chi connectivity index (χ3n) is 3.73. The molecule has 1 saturated heterocycles. The van der Waals surface area contributed by atoms with Gasteiger partial charge >= 0.3 is 0 Å². The van der Waals surface area contributed by atoms with Crippen LogP contribution in [-0.4, -0.2) is 43.7 Å². The molecular weight excluding hydrogens is 238 g/mol. The van der Waals surface area contributed by atoms with Gasteiger partial charge in [0.1, 0.15) is 5.75 Å². The SMILES string of the molecule is CCOc1cccc(N2CCN(C(C)C)CC2)c1N. The van der Waals surface area contributed by atoms with Crippen molar-refractivity contribution in [1.82, 2.24) is 4.90 Å². The minimum Gasteiger partial charge on any atom is -0.492 e. The van der Waals surface area contributed by atoms with E-state index in [1.165, 1.54) is 0 Å². The second kappa shape index (κ2) is 6.15. The zero-order valence-electron chi connectivity index (χ0n) is 12.2. The van der Waals surface area contributed by atoms with Crippen molar-refractivity contribution < 1.29 is 4.74 Å². The molecule has 0 spiro atoms. The van der Waals surface area contributed by atoms with Gasteiger partial charge in [-0.3, -0.25) is 4.90 Å². The van der Waals surface area contributed by atoms with Crippen molar-refractivity contribution in [3.8, 4) is 5.75 Å². The van der Waals surface area contributed by atoms with Gasteiger partial charge in [0.25, 0.3) is 0 Å². The molecule has 1 aliphatic heterocycles. The molecule has 0 unspecified atom stereocenters. The summed E-state index contributed by atoms with van der Waals surface area (Å²) in [5, 5.41) is 0. The van der Waals surface area contributed by atoms with Crippen molar-refractivity contribution >= 4 is 11.4 Å². The molecule has 0 bridgehead atoms. The van der Waals surface area contributed by atoms with Crippen LogP contribution in [0, 0.1) is 0 Å². The standard InChI is InChI=1S/C15H25N3O/c1-4-19-14-7-5-6-13(15(14)16)18-10-8-17(9-11-18)12(2)3/h5-7,12H,4,8-11,16H2,1-3H3. The zero-order valence-corrected chi connectivity index (χ0v) is 12.2. The highest BCUT2D eigenvalue weighted by Crippen LogP contribution is 2.32. The normalized spacial score (nSPS) is 16.9. The summed E-state index contributed by atoms with van der Waals surface area (Å²) >= 11 is 0. The Morgan fingerprint density at radius 2 is 1.89 bits per heavy atom. The number of ether oxygens (including phenoxy) is 1. The lowest BCUT2D eigenvalue weighted by molar-refractivity contribution is 0.209. The number of nitrogens with zero attached hydrogens (tertiary/aromatic N) is 2. The molecule has 0 atom stereocenters. The van der Waals surface area contributed by atoms with Crippen molar-refractivity contribution in [3.05, 3.63) is 18.2 Å². The number of piperazine rings is 1. The summed E-state index contributed by atoms with van der Waals surface area (Å²) in [6, 6.07) is 6.66. The molecule has 1 aromatic rings. The van der Waals surface area contributed by atoms with Gasteiger partial charge < -0.3 is 15.4 Å². The summed E-state index contributed by atoms with van der Waals surface area (Å²) in [5.74, 6) is 0.797. The number of anilines is 2. The molecule has 19 heavy (non-hydrogen) atoms. The molecular formula is C15H25N3O. The van der Waals surface area contributed by atoms with Crippen LogP contribution in [0.5, 0.6) is 5.75 Å². The van der Waals surface area contributed by atoms with Crippen molar-refractivity contribution in [2.24, 2.45) is 0 Å². The lowest BCUT2D eigenvalue weighted by Gasteiger charge is -2.38. The Kier molecular flexibility index (Phi) is 4.53. The summed E-state index contributed by atoms with van der Waals surface area (Å²) in [5.41, 5.74) is 8.09. The van der Waals surface area contributed by atoms with E-state index in [1.807, 2.05) is 19.1 Å². The van der Waals surface area contributed by atoms with E-state index in [-0.39, 0.29) is 0 Å². The first-order valence-corrected chi connectivity index (χ1v) is 7.13. The number of nitrogen functional groups attached to an aromatic ring is 1. The molecule has 4 heteroatoms. The topological polar surface area (TPSA) is 41.7 Å². The van der Waals surface area contributed by atoms with Crippen LogP contribution in [0.15, 0.2) is 18.2 Å². The molecule has 2 rings (SSSR count). The fourth-order valence-electron chi connectivity index (χ4n) is 2.57. The van der Waals surface area contributed by atoms with E-state index >= 15 is 0 Å². The second-order valence-corrected chi connectivity index (χ2v) is 5.24.